The smallest absolute Gasteiger partial charge is 0.123 e. The molecule has 2 aromatic rings. The predicted octanol–water partition coefficient (Wildman–Crippen LogP) is 2.11. The highest BCUT2D eigenvalue weighted by atomic mass is 19.1. The van der Waals surface area contributed by atoms with Gasteiger partial charge in [0.15, 0.2) is 0 Å². The van der Waals surface area contributed by atoms with Gasteiger partial charge in [0.2, 0.25) is 0 Å². The summed E-state index contributed by atoms with van der Waals surface area (Å²) in [4.78, 5) is 4.06. The van der Waals surface area contributed by atoms with Crippen molar-refractivity contribution in [2.24, 2.45) is 0 Å². The van der Waals surface area contributed by atoms with E-state index >= 15 is 0 Å². The zero-order valence-corrected chi connectivity index (χ0v) is 9.52. The summed E-state index contributed by atoms with van der Waals surface area (Å²) in [7, 11) is 1.83. The van der Waals surface area contributed by atoms with Crippen LogP contribution in [0.3, 0.4) is 0 Å². The van der Waals surface area contributed by atoms with Gasteiger partial charge in [-0.15, -0.1) is 0 Å². The second kappa shape index (κ2) is 4.93. The van der Waals surface area contributed by atoms with E-state index in [9.17, 15) is 4.39 Å². The molecule has 0 spiro atoms. The third kappa shape index (κ3) is 2.42. The van der Waals surface area contributed by atoms with E-state index < -0.39 is 0 Å². The molecule has 0 aliphatic carbocycles. The molecule has 88 valence electrons. The van der Waals surface area contributed by atoms with E-state index in [2.05, 4.69) is 10.3 Å². The lowest BCUT2D eigenvalue weighted by molar-refractivity contribution is 0.623. The zero-order chi connectivity index (χ0) is 12.3. The molecule has 0 saturated heterocycles. The van der Waals surface area contributed by atoms with Crippen molar-refractivity contribution < 1.29 is 4.39 Å². The minimum absolute atomic E-state index is 0.0794. The molecule has 2 rings (SSSR count). The number of hydrogen-bond donors (Lipinski definition) is 2. The summed E-state index contributed by atoms with van der Waals surface area (Å²) in [5.74, 6) is -0.247. The molecule has 3 N–H and O–H groups in total. The third-order valence-electron chi connectivity index (χ3n) is 2.69. The number of nitrogens with zero attached hydrogens (tertiary/aromatic N) is 1. The molecule has 0 saturated carbocycles. The van der Waals surface area contributed by atoms with Crippen molar-refractivity contribution in [1.82, 2.24) is 10.3 Å². The van der Waals surface area contributed by atoms with Gasteiger partial charge in [-0.2, -0.15) is 0 Å². The quantitative estimate of drug-likeness (QED) is 0.850. The van der Waals surface area contributed by atoms with E-state index in [1.807, 2.05) is 7.05 Å². The molecule has 17 heavy (non-hydrogen) atoms. The second-order valence-corrected chi connectivity index (χ2v) is 3.78. The maximum Gasteiger partial charge on any atom is 0.123 e. The van der Waals surface area contributed by atoms with Gasteiger partial charge in [-0.1, -0.05) is 12.1 Å². The standard InChI is InChI=1S/C13H14FN3/c1-16-13(9-2-4-10(14)5-3-9)11-8-17-7-6-12(11)15/h2-8,13,16H,1H3,(H2,15,17). The van der Waals surface area contributed by atoms with Crippen molar-refractivity contribution in [2.45, 2.75) is 6.04 Å². The first-order chi connectivity index (χ1) is 8.22. The molecule has 4 heteroatoms. The van der Waals surface area contributed by atoms with Gasteiger partial charge in [-0.25, -0.2) is 4.39 Å². The normalized spacial score (nSPS) is 12.4. The van der Waals surface area contributed by atoms with Gasteiger partial charge in [-0.3, -0.25) is 4.98 Å². The largest absolute Gasteiger partial charge is 0.398 e. The van der Waals surface area contributed by atoms with Crippen LogP contribution in [-0.4, -0.2) is 12.0 Å². The molecule has 1 aromatic carbocycles. The Labute approximate surface area is 99.5 Å². The monoisotopic (exact) mass is 231 g/mol. The number of nitrogens with one attached hydrogen (secondary N) is 1. The van der Waals surface area contributed by atoms with E-state index in [4.69, 9.17) is 5.73 Å². The van der Waals surface area contributed by atoms with Gasteiger partial charge in [0, 0.05) is 23.6 Å². The summed E-state index contributed by atoms with van der Waals surface area (Å²) in [6.07, 6.45) is 3.37. The molecule has 0 amide bonds. The zero-order valence-electron chi connectivity index (χ0n) is 9.52. The lowest BCUT2D eigenvalue weighted by Gasteiger charge is -2.18. The molecule has 0 aliphatic rings. The summed E-state index contributed by atoms with van der Waals surface area (Å²) < 4.78 is 12.9. The maximum atomic E-state index is 12.9. The van der Waals surface area contributed by atoms with Crippen molar-refractivity contribution in [2.75, 3.05) is 12.8 Å². The van der Waals surface area contributed by atoms with Crippen LogP contribution in [0.1, 0.15) is 17.2 Å². The van der Waals surface area contributed by atoms with Gasteiger partial charge < -0.3 is 11.1 Å². The molecule has 0 aliphatic heterocycles. The van der Waals surface area contributed by atoms with Crippen LogP contribution in [-0.2, 0) is 0 Å². The molecule has 0 bridgehead atoms. The Morgan fingerprint density at radius 1 is 1.24 bits per heavy atom. The summed E-state index contributed by atoms with van der Waals surface area (Å²) in [5.41, 5.74) is 8.42. The van der Waals surface area contributed by atoms with E-state index in [0.717, 1.165) is 11.1 Å². The first-order valence-electron chi connectivity index (χ1n) is 5.34. The van der Waals surface area contributed by atoms with Gasteiger partial charge in [-0.05, 0) is 30.8 Å². The van der Waals surface area contributed by atoms with E-state index in [1.165, 1.54) is 12.1 Å². The van der Waals surface area contributed by atoms with Crippen LogP contribution in [0.15, 0.2) is 42.7 Å². The third-order valence-corrected chi connectivity index (χ3v) is 2.69. The van der Waals surface area contributed by atoms with Gasteiger partial charge in [0.05, 0.1) is 6.04 Å². The number of aromatic nitrogens is 1. The lowest BCUT2D eigenvalue weighted by atomic mass is 9.99. The predicted molar refractivity (Wildman–Crippen MR) is 66.0 cm³/mol. The molecular weight excluding hydrogens is 217 g/mol. The van der Waals surface area contributed by atoms with Gasteiger partial charge in [0.25, 0.3) is 0 Å². The molecular formula is C13H14FN3. The van der Waals surface area contributed by atoms with Crippen LogP contribution < -0.4 is 11.1 Å². The average Bonchev–Trinajstić information content (AvgIpc) is 2.35. The molecule has 1 atom stereocenters. The fourth-order valence-corrected chi connectivity index (χ4v) is 1.82. The number of halogens is 1. The van der Waals surface area contributed by atoms with E-state index in [1.54, 1.807) is 30.6 Å². The van der Waals surface area contributed by atoms with Crippen LogP contribution in [0.25, 0.3) is 0 Å². The highest BCUT2D eigenvalue weighted by molar-refractivity contribution is 5.49. The van der Waals surface area contributed by atoms with E-state index in [-0.39, 0.29) is 11.9 Å². The molecule has 3 nitrogen and oxygen atoms in total. The minimum Gasteiger partial charge on any atom is -0.398 e. The average molecular weight is 231 g/mol. The van der Waals surface area contributed by atoms with Crippen LogP contribution in [0.4, 0.5) is 10.1 Å². The van der Waals surface area contributed by atoms with Gasteiger partial charge >= 0.3 is 0 Å². The Morgan fingerprint density at radius 2 is 1.94 bits per heavy atom. The summed E-state index contributed by atoms with van der Waals surface area (Å²) in [6.45, 7) is 0. The fraction of sp³-hybridized carbons (Fsp3) is 0.154. The Hall–Kier alpha value is -1.94. The SMILES string of the molecule is CNC(c1ccc(F)cc1)c1cnccc1N. The van der Waals surface area contributed by atoms with Crippen molar-refractivity contribution in [3.63, 3.8) is 0 Å². The Morgan fingerprint density at radius 3 is 2.53 bits per heavy atom. The highest BCUT2D eigenvalue weighted by Crippen LogP contribution is 2.25. The Balaban J connectivity index is 2.40. The molecule has 1 heterocycles. The molecule has 0 radical (unpaired) electrons. The van der Waals surface area contributed by atoms with Crippen molar-refractivity contribution >= 4 is 5.69 Å². The first kappa shape index (κ1) is 11.5. The molecule has 0 fully saturated rings. The van der Waals surface area contributed by atoms with Crippen LogP contribution in [0, 0.1) is 5.82 Å². The number of benzene rings is 1. The van der Waals surface area contributed by atoms with E-state index in [0.29, 0.717) is 5.69 Å². The van der Waals surface area contributed by atoms with Crippen molar-refractivity contribution in [3.8, 4) is 0 Å². The minimum atomic E-state index is -0.247. The first-order valence-corrected chi connectivity index (χ1v) is 5.34. The van der Waals surface area contributed by atoms with Crippen LogP contribution in [0.2, 0.25) is 0 Å². The molecule has 1 aromatic heterocycles. The van der Waals surface area contributed by atoms with Crippen molar-refractivity contribution in [3.05, 3.63) is 59.7 Å². The summed E-state index contributed by atoms with van der Waals surface area (Å²) in [5, 5.41) is 3.15. The topological polar surface area (TPSA) is 50.9 Å². The highest BCUT2D eigenvalue weighted by Gasteiger charge is 2.14. The van der Waals surface area contributed by atoms with Crippen LogP contribution in [0.5, 0.6) is 0 Å². The number of hydrogen-bond acceptors (Lipinski definition) is 3. The number of nitrogens with two attached hydrogens (primary N) is 1. The Bertz CT molecular complexity index is 496. The number of nitrogen functional groups attached to an aromatic ring is 1. The van der Waals surface area contributed by atoms with Crippen molar-refractivity contribution in [1.29, 1.82) is 0 Å². The lowest BCUT2D eigenvalue weighted by Crippen LogP contribution is -2.19. The fourth-order valence-electron chi connectivity index (χ4n) is 1.82. The number of rotatable bonds is 3. The maximum absolute atomic E-state index is 12.9. The summed E-state index contributed by atoms with van der Waals surface area (Å²) >= 11 is 0. The van der Waals surface area contributed by atoms with Crippen LogP contribution >= 0.6 is 0 Å². The number of anilines is 1. The Kier molecular flexibility index (Phi) is 3.35. The molecule has 1 unspecified atom stereocenters. The number of pyridine rings is 1. The van der Waals surface area contributed by atoms with Gasteiger partial charge in [0.1, 0.15) is 5.82 Å². The second-order valence-electron chi connectivity index (χ2n) is 3.78. The summed E-state index contributed by atoms with van der Waals surface area (Å²) in [6, 6.07) is 8.03.